The lowest BCUT2D eigenvalue weighted by Crippen LogP contribution is -2.36. The highest BCUT2D eigenvalue weighted by atomic mass is 35.5. The van der Waals surface area contributed by atoms with E-state index in [1.165, 1.54) is 12.0 Å². The van der Waals surface area contributed by atoms with E-state index >= 15 is 0 Å². The molecule has 172 valence electrons. The number of rotatable bonds is 8. The zero-order valence-corrected chi connectivity index (χ0v) is 19.9. The van der Waals surface area contributed by atoms with Crippen LogP contribution in [-0.4, -0.2) is 24.5 Å². The van der Waals surface area contributed by atoms with Crippen molar-refractivity contribution in [2.24, 2.45) is 0 Å². The topological polar surface area (TPSA) is 67.4 Å². The molecule has 2 aromatic carbocycles. The molecule has 1 saturated carbocycles. The first-order chi connectivity index (χ1) is 15.3. The maximum absolute atomic E-state index is 12.7. The number of benzene rings is 2. The van der Waals surface area contributed by atoms with Gasteiger partial charge in [-0.25, -0.2) is 0 Å². The van der Waals surface area contributed by atoms with Gasteiger partial charge in [0.25, 0.3) is 11.8 Å². The highest BCUT2D eigenvalue weighted by Gasteiger charge is 2.19. The van der Waals surface area contributed by atoms with E-state index in [-0.39, 0.29) is 29.9 Å². The minimum atomic E-state index is -0.302. The van der Waals surface area contributed by atoms with Crippen LogP contribution in [0.1, 0.15) is 75.2 Å². The molecule has 2 N–H and O–H groups in total. The first-order valence-electron chi connectivity index (χ1n) is 11.4. The van der Waals surface area contributed by atoms with Gasteiger partial charge in [0.15, 0.2) is 6.61 Å². The summed E-state index contributed by atoms with van der Waals surface area (Å²) in [7, 11) is 0. The maximum atomic E-state index is 12.7. The van der Waals surface area contributed by atoms with E-state index in [1.807, 2.05) is 24.3 Å². The van der Waals surface area contributed by atoms with Crippen molar-refractivity contribution in [1.29, 1.82) is 0 Å². The zero-order chi connectivity index (χ0) is 23.1. The molecule has 0 radical (unpaired) electrons. The molecule has 0 unspecified atom stereocenters. The lowest BCUT2D eigenvalue weighted by Gasteiger charge is -2.23. The fourth-order valence-electron chi connectivity index (χ4n) is 3.84. The number of anilines is 1. The van der Waals surface area contributed by atoms with Gasteiger partial charge in [0.1, 0.15) is 5.75 Å². The molecule has 2 aromatic rings. The molecule has 32 heavy (non-hydrogen) atoms. The van der Waals surface area contributed by atoms with Crippen LogP contribution in [-0.2, 0) is 10.2 Å². The molecule has 0 aromatic heterocycles. The summed E-state index contributed by atoms with van der Waals surface area (Å²) in [6.07, 6.45) is 6.51. The van der Waals surface area contributed by atoms with Crippen molar-refractivity contribution in [3.05, 3.63) is 58.6 Å². The SMILES string of the molecule is CCC(C)(C)c1ccc(OCC(=O)Nc2ccc(Cl)c(C(=O)NC3CCCCC3)c2)cc1. The number of carbonyl (C=O) groups is 2. The molecule has 0 bridgehead atoms. The van der Waals surface area contributed by atoms with Crippen LogP contribution in [0.2, 0.25) is 5.02 Å². The number of hydrogen-bond acceptors (Lipinski definition) is 3. The highest BCUT2D eigenvalue weighted by molar-refractivity contribution is 6.34. The third kappa shape index (κ3) is 6.49. The summed E-state index contributed by atoms with van der Waals surface area (Å²) in [6, 6.07) is 12.9. The second kappa shape index (κ2) is 10.9. The molecule has 1 aliphatic carbocycles. The van der Waals surface area contributed by atoms with Crippen LogP contribution < -0.4 is 15.4 Å². The molecule has 1 aliphatic rings. The Morgan fingerprint density at radius 1 is 1.06 bits per heavy atom. The normalized spacial score (nSPS) is 14.6. The van der Waals surface area contributed by atoms with Crippen LogP contribution >= 0.6 is 11.6 Å². The van der Waals surface area contributed by atoms with Gasteiger partial charge in [0, 0.05) is 11.7 Å². The fraction of sp³-hybridized carbons (Fsp3) is 0.462. The van der Waals surface area contributed by atoms with E-state index in [0.29, 0.717) is 22.0 Å². The lowest BCUT2D eigenvalue weighted by atomic mass is 9.82. The fourth-order valence-corrected chi connectivity index (χ4v) is 4.04. The van der Waals surface area contributed by atoms with Gasteiger partial charge < -0.3 is 15.4 Å². The van der Waals surface area contributed by atoms with Gasteiger partial charge in [-0.1, -0.05) is 63.8 Å². The number of hydrogen-bond donors (Lipinski definition) is 2. The molecule has 5 nitrogen and oxygen atoms in total. The maximum Gasteiger partial charge on any atom is 0.262 e. The Hall–Kier alpha value is -2.53. The summed E-state index contributed by atoms with van der Waals surface area (Å²) in [5.41, 5.74) is 2.21. The molecular formula is C26H33ClN2O3. The number of nitrogens with one attached hydrogen (secondary N) is 2. The van der Waals surface area contributed by atoms with Gasteiger partial charge in [-0.2, -0.15) is 0 Å². The van der Waals surface area contributed by atoms with Crippen LogP contribution in [0, 0.1) is 0 Å². The molecule has 0 saturated heterocycles. The number of halogens is 1. The molecule has 0 aliphatic heterocycles. The van der Waals surface area contributed by atoms with Crippen molar-refractivity contribution in [1.82, 2.24) is 5.32 Å². The van der Waals surface area contributed by atoms with E-state index in [9.17, 15) is 9.59 Å². The second-order valence-electron chi connectivity index (χ2n) is 9.10. The molecule has 3 rings (SSSR count). The van der Waals surface area contributed by atoms with E-state index in [2.05, 4.69) is 31.4 Å². The van der Waals surface area contributed by atoms with Crippen LogP contribution in [0.4, 0.5) is 5.69 Å². The second-order valence-corrected chi connectivity index (χ2v) is 9.51. The predicted octanol–water partition coefficient (Wildman–Crippen LogP) is 6.11. The van der Waals surface area contributed by atoms with E-state index < -0.39 is 0 Å². The third-order valence-electron chi connectivity index (χ3n) is 6.32. The Morgan fingerprint density at radius 2 is 1.75 bits per heavy atom. The van der Waals surface area contributed by atoms with Crippen molar-refractivity contribution in [3.8, 4) is 5.75 Å². The van der Waals surface area contributed by atoms with Crippen LogP contribution in [0.3, 0.4) is 0 Å². The Kier molecular flexibility index (Phi) is 8.19. The molecule has 6 heteroatoms. The summed E-state index contributed by atoms with van der Waals surface area (Å²) < 4.78 is 5.63. The number of amides is 2. The minimum Gasteiger partial charge on any atom is -0.484 e. The molecule has 0 atom stereocenters. The van der Waals surface area contributed by atoms with Gasteiger partial charge in [-0.15, -0.1) is 0 Å². The van der Waals surface area contributed by atoms with Gasteiger partial charge in [-0.3, -0.25) is 9.59 Å². The third-order valence-corrected chi connectivity index (χ3v) is 6.65. The first kappa shape index (κ1) is 24.1. The van der Waals surface area contributed by atoms with Crippen molar-refractivity contribution in [3.63, 3.8) is 0 Å². The van der Waals surface area contributed by atoms with Crippen molar-refractivity contribution in [2.75, 3.05) is 11.9 Å². The van der Waals surface area contributed by atoms with Crippen molar-refractivity contribution >= 4 is 29.1 Å². The van der Waals surface area contributed by atoms with Crippen LogP contribution in [0.5, 0.6) is 5.75 Å². The van der Waals surface area contributed by atoms with Crippen molar-refractivity contribution in [2.45, 2.75) is 70.8 Å². The van der Waals surface area contributed by atoms with E-state index in [4.69, 9.17) is 16.3 Å². The summed E-state index contributed by atoms with van der Waals surface area (Å²) in [5.74, 6) is 0.132. The molecule has 1 fully saturated rings. The average Bonchev–Trinajstić information content (AvgIpc) is 2.80. The largest absolute Gasteiger partial charge is 0.484 e. The van der Waals surface area contributed by atoms with E-state index in [1.54, 1.807) is 18.2 Å². The van der Waals surface area contributed by atoms with Gasteiger partial charge in [0.2, 0.25) is 0 Å². The summed E-state index contributed by atoms with van der Waals surface area (Å²) in [5, 5.41) is 6.21. The number of carbonyl (C=O) groups excluding carboxylic acids is 2. The quantitative estimate of drug-likeness (QED) is 0.503. The van der Waals surface area contributed by atoms with Gasteiger partial charge in [0.05, 0.1) is 10.6 Å². The molecule has 0 spiro atoms. The Labute approximate surface area is 195 Å². The molecule has 0 heterocycles. The smallest absolute Gasteiger partial charge is 0.262 e. The van der Waals surface area contributed by atoms with Crippen molar-refractivity contribution < 1.29 is 14.3 Å². The van der Waals surface area contributed by atoms with Gasteiger partial charge in [-0.05, 0) is 60.6 Å². The zero-order valence-electron chi connectivity index (χ0n) is 19.2. The monoisotopic (exact) mass is 456 g/mol. The van der Waals surface area contributed by atoms with Crippen LogP contribution in [0.15, 0.2) is 42.5 Å². The molecular weight excluding hydrogens is 424 g/mol. The number of ether oxygens (including phenoxy) is 1. The van der Waals surface area contributed by atoms with Gasteiger partial charge >= 0.3 is 0 Å². The summed E-state index contributed by atoms with van der Waals surface area (Å²) in [4.78, 5) is 25.0. The Bertz CT molecular complexity index is 935. The molecule has 2 amide bonds. The Morgan fingerprint density at radius 3 is 2.41 bits per heavy atom. The summed E-state index contributed by atoms with van der Waals surface area (Å²) in [6.45, 7) is 6.44. The average molecular weight is 457 g/mol. The highest BCUT2D eigenvalue weighted by Crippen LogP contribution is 2.28. The van der Waals surface area contributed by atoms with E-state index in [0.717, 1.165) is 32.1 Å². The summed E-state index contributed by atoms with van der Waals surface area (Å²) >= 11 is 6.24. The van der Waals surface area contributed by atoms with Crippen LogP contribution in [0.25, 0.3) is 0 Å². The standard InChI is InChI=1S/C26H33ClN2O3/c1-4-26(2,3)18-10-13-21(14-11-18)32-17-24(30)28-20-12-15-23(27)22(16-20)25(31)29-19-8-6-5-7-9-19/h10-16,19H,4-9,17H2,1-3H3,(H,28,30)(H,29,31). The first-order valence-corrected chi connectivity index (χ1v) is 11.8. The minimum absolute atomic E-state index is 0.103. The lowest BCUT2D eigenvalue weighted by molar-refractivity contribution is -0.118. The Balaban J connectivity index is 1.55. The predicted molar refractivity (Wildman–Crippen MR) is 130 cm³/mol.